The fourth-order valence-electron chi connectivity index (χ4n) is 1.74. The quantitative estimate of drug-likeness (QED) is 0.806. The molecule has 0 saturated carbocycles. The van der Waals surface area contributed by atoms with E-state index in [1.54, 1.807) is 7.11 Å². The molecule has 3 heteroatoms. The Balaban J connectivity index is 2.54. The molecule has 0 aliphatic carbocycles. The Morgan fingerprint density at radius 1 is 1.53 bits per heavy atom. The molecule has 1 heterocycles. The normalized spacial score (nSPS) is 15.2. The van der Waals surface area contributed by atoms with E-state index in [-0.39, 0.29) is 0 Å². The number of aryl methyl sites for hydroxylation is 1. The SMILES string of the molecule is CC[C@H](COC)N[C@H](C)c1sccc1C. The molecule has 0 fully saturated rings. The van der Waals surface area contributed by atoms with Crippen LogP contribution in [0.1, 0.15) is 36.8 Å². The van der Waals surface area contributed by atoms with Crippen molar-refractivity contribution in [1.82, 2.24) is 5.32 Å². The molecule has 2 atom stereocenters. The van der Waals surface area contributed by atoms with Crippen molar-refractivity contribution >= 4 is 11.3 Å². The summed E-state index contributed by atoms with van der Waals surface area (Å²) in [5.41, 5.74) is 1.38. The lowest BCUT2D eigenvalue weighted by atomic mass is 10.1. The van der Waals surface area contributed by atoms with Gasteiger partial charge in [-0.2, -0.15) is 0 Å². The van der Waals surface area contributed by atoms with Crippen LogP contribution in [0.3, 0.4) is 0 Å². The summed E-state index contributed by atoms with van der Waals surface area (Å²) < 4.78 is 5.18. The molecule has 15 heavy (non-hydrogen) atoms. The Hall–Kier alpha value is -0.380. The van der Waals surface area contributed by atoms with E-state index in [1.807, 2.05) is 11.3 Å². The summed E-state index contributed by atoms with van der Waals surface area (Å²) in [5.74, 6) is 0. The average Bonchev–Trinajstić information content (AvgIpc) is 2.63. The minimum absolute atomic E-state index is 0.421. The second kappa shape index (κ2) is 6.26. The van der Waals surface area contributed by atoms with Gasteiger partial charge in [0, 0.05) is 24.1 Å². The van der Waals surface area contributed by atoms with Gasteiger partial charge in [0.25, 0.3) is 0 Å². The first-order valence-electron chi connectivity index (χ1n) is 5.48. The van der Waals surface area contributed by atoms with E-state index in [2.05, 4.69) is 37.5 Å². The van der Waals surface area contributed by atoms with Crippen molar-refractivity contribution in [3.05, 3.63) is 21.9 Å². The standard InChI is InChI=1S/C12H21NOS/c1-5-11(8-14-4)13-10(3)12-9(2)6-7-15-12/h6-7,10-11,13H,5,8H2,1-4H3/t10-,11-/m1/s1. The Kier molecular flexibility index (Phi) is 5.29. The molecular weight excluding hydrogens is 206 g/mol. The average molecular weight is 227 g/mol. The van der Waals surface area contributed by atoms with Gasteiger partial charge in [-0.15, -0.1) is 11.3 Å². The molecule has 0 amide bonds. The van der Waals surface area contributed by atoms with Gasteiger partial charge >= 0.3 is 0 Å². The molecular formula is C12H21NOS. The number of methoxy groups -OCH3 is 1. The Labute approximate surface area is 96.7 Å². The number of hydrogen-bond donors (Lipinski definition) is 1. The highest BCUT2D eigenvalue weighted by molar-refractivity contribution is 7.10. The molecule has 2 nitrogen and oxygen atoms in total. The maximum atomic E-state index is 5.18. The first kappa shape index (κ1) is 12.7. The van der Waals surface area contributed by atoms with Crippen molar-refractivity contribution in [2.24, 2.45) is 0 Å². The molecule has 0 spiro atoms. The van der Waals surface area contributed by atoms with Crippen LogP contribution in [0.2, 0.25) is 0 Å². The highest BCUT2D eigenvalue weighted by atomic mass is 32.1. The van der Waals surface area contributed by atoms with Crippen molar-refractivity contribution in [3.63, 3.8) is 0 Å². The molecule has 0 aliphatic rings. The van der Waals surface area contributed by atoms with E-state index < -0.39 is 0 Å². The topological polar surface area (TPSA) is 21.3 Å². The summed E-state index contributed by atoms with van der Waals surface area (Å²) in [5, 5.41) is 5.75. The highest BCUT2D eigenvalue weighted by Gasteiger charge is 2.13. The number of nitrogens with one attached hydrogen (secondary N) is 1. The summed E-state index contributed by atoms with van der Waals surface area (Å²) in [6.07, 6.45) is 1.10. The molecule has 1 aromatic heterocycles. The van der Waals surface area contributed by atoms with Gasteiger partial charge in [-0.3, -0.25) is 0 Å². The van der Waals surface area contributed by atoms with E-state index in [9.17, 15) is 0 Å². The molecule has 0 aromatic carbocycles. The fraction of sp³-hybridized carbons (Fsp3) is 0.667. The lowest BCUT2D eigenvalue weighted by molar-refractivity contribution is 0.159. The summed E-state index contributed by atoms with van der Waals surface area (Å²) in [7, 11) is 1.76. The van der Waals surface area contributed by atoms with Crippen LogP contribution >= 0.6 is 11.3 Å². The maximum Gasteiger partial charge on any atom is 0.0615 e. The van der Waals surface area contributed by atoms with Gasteiger partial charge in [0.05, 0.1) is 6.61 Å². The largest absolute Gasteiger partial charge is 0.383 e. The molecule has 1 aromatic rings. The smallest absolute Gasteiger partial charge is 0.0615 e. The number of rotatable bonds is 6. The minimum Gasteiger partial charge on any atom is -0.383 e. The van der Waals surface area contributed by atoms with Crippen molar-refractivity contribution in [2.45, 2.75) is 39.3 Å². The number of ether oxygens (including phenoxy) is 1. The van der Waals surface area contributed by atoms with Crippen molar-refractivity contribution in [2.75, 3.05) is 13.7 Å². The van der Waals surface area contributed by atoms with Crippen LogP contribution in [0.5, 0.6) is 0 Å². The predicted octanol–water partition coefficient (Wildman–Crippen LogP) is 3.13. The molecule has 86 valence electrons. The van der Waals surface area contributed by atoms with Gasteiger partial charge < -0.3 is 10.1 Å². The van der Waals surface area contributed by atoms with Gasteiger partial charge in [-0.25, -0.2) is 0 Å². The summed E-state index contributed by atoms with van der Waals surface area (Å²) in [6.45, 7) is 7.36. The van der Waals surface area contributed by atoms with Crippen LogP contribution in [0.4, 0.5) is 0 Å². The molecule has 0 bridgehead atoms. The van der Waals surface area contributed by atoms with Gasteiger partial charge in [0.15, 0.2) is 0 Å². The highest BCUT2D eigenvalue weighted by Crippen LogP contribution is 2.23. The Morgan fingerprint density at radius 2 is 2.27 bits per heavy atom. The summed E-state index contributed by atoms with van der Waals surface area (Å²) in [6, 6.07) is 3.05. The molecule has 0 aliphatic heterocycles. The lowest BCUT2D eigenvalue weighted by Crippen LogP contribution is -2.34. The van der Waals surface area contributed by atoms with Crippen LogP contribution < -0.4 is 5.32 Å². The van der Waals surface area contributed by atoms with Crippen LogP contribution in [0.15, 0.2) is 11.4 Å². The van der Waals surface area contributed by atoms with Crippen LogP contribution in [0, 0.1) is 6.92 Å². The van der Waals surface area contributed by atoms with E-state index in [0.717, 1.165) is 13.0 Å². The maximum absolute atomic E-state index is 5.18. The van der Waals surface area contributed by atoms with E-state index in [4.69, 9.17) is 4.74 Å². The van der Waals surface area contributed by atoms with E-state index >= 15 is 0 Å². The van der Waals surface area contributed by atoms with Crippen molar-refractivity contribution in [3.8, 4) is 0 Å². The van der Waals surface area contributed by atoms with Gasteiger partial charge in [-0.1, -0.05) is 6.92 Å². The summed E-state index contributed by atoms with van der Waals surface area (Å²) in [4.78, 5) is 1.43. The van der Waals surface area contributed by atoms with Gasteiger partial charge in [-0.05, 0) is 37.3 Å². The first-order valence-corrected chi connectivity index (χ1v) is 6.36. The van der Waals surface area contributed by atoms with E-state index in [1.165, 1.54) is 10.4 Å². The second-order valence-corrected chi connectivity index (χ2v) is 4.86. The zero-order valence-electron chi connectivity index (χ0n) is 10.0. The number of hydrogen-bond acceptors (Lipinski definition) is 3. The lowest BCUT2D eigenvalue weighted by Gasteiger charge is -2.21. The second-order valence-electron chi connectivity index (χ2n) is 3.92. The number of thiophene rings is 1. The minimum atomic E-state index is 0.421. The zero-order chi connectivity index (χ0) is 11.3. The Bertz CT molecular complexity index is 285. The third-order valence-corrected chi connectivity index (χ3v) is 3.84. The zero-order valence-corrected chi connectivity index (χ0v) is 10.9. The third-order valence-electron chi connectivity index (χ3n) is 2.64. The molecule has 0 unspecified atom stereocenters. The monoisotopic (exact) mass is 227 g/mol. The molecule has 1 rings (SSSR count). The van der Waals surface area contributed by atoms with Crippen LogP contribution in [-0.4, -0.2) is 19.8 Å². The molecule has 0 saturated heterocycles. The Morgan fingerprint density at radius 3 is 2.73 bits per heavy atom. The summed E-state index contributed by atoms with van der Waals surface area (Å²) >= 11 is 1.82. The van der Waals surface area contributed by atoms with Crippen molar-refractivity contribution < 1.29 is 4.74 Å². The first-order chi connectivity index (χ1) is 7.19. The third kappa shape index (κ3) is 3.59. The fourth-order valence-corrected chi connectivity index (χ4v) is 2.69. The van der Waals surface area contributed by atoms with E-state index in [0.29, 0.717) is 12.1 Å². The van der Waals surface area contributed by atoms with Crippen LogP contribution in [0.25, 0.3) is 0 Å². The molecule has 0 radical (unpaired) electrons. The van der Waals surface area contributed by atoms with Crippen molar-refractivity contribution in [1.29, 1.82) is 0 Å². The molecule has 1 N–H and O–H groups in total. The predicted molar refractivity (Wildman–Crippen MR) is 66.6 cm³/mol. The van der Waals surface area contributed by atoms with Gasteiger partial charge in [0.1, 0.15) is 0 Å². The van der Waals surface area contributed by atoms with Crippen LogP contribution in [-0.2, 0) is 4.74 Å². The van der Waals surface area contributed by atoms with Gasteiger partial charge in [0.2, 0.25) is 0 Å².